The number of benzene rings is 2. The van der Waals surface area contributed by atoms with Gasteiger partial charge in [0.1, 0.15) is 6.54 Å². The molecule has 0 atom stereocenters. The Balaban J connectivity index is 1.44. The fourth-order valence-corrected chi connectivity index (χ4v) is 3.54. The Kier molecular flexibility index (Phi) is 5.27. The van der Waals surface area contributed by atoms with Gasteiger partial charge in [0, 0.05) is 11.4 Å². The van der Waals surface area contributed by atoms with Gasteiger partial charge in [-0.3, -0.25) is 19.0 Å². The van der Waals surface area contributed by atoms with E-state index in [1.165, 1.54) is 11.3 Å². The molecule has 0 radical (unpaired) electrons. The Morgan fingerprint density at radius 2 is 1.60 bits per heavy atom. The molecule has 0 aliphatic heterocycles. The lowest BCUT2D eigenvalue weighted by molar-refractivity contribution is -0.116. The number of anilines is 2. The third-order valence-electron chi connectivity index (χ3n) is 4.36. The number of para-hydroxylation sites is 1. The van der Waals surface area contributed by atoms with E-state index in [1.54, 1.807) is 60.7 Å². The third kappa shape index (κ3) is 4.06. The van der Waals surface area contributed by atoms with Crippen LogP contribution in [-0.4, -0.2) is 21.4 Å². The highest BCUT2D eigenvalue weighted by molar-refractivity contribution is 7.12. The average molecular weight is 420 g/mol. The van der Waals surface area contributed by atoms with Crippen molar-refractivity contribution in [1.82, 2.24) is 9.55 Å². The van der Waals surface area contributed by atoms with Crippen LogP contribution in [0.15, 0.2) is 75.6 Å². The third-order valence-corrected chi connectivity index (χ3v) is 5.23. The number of fused-ring (bicyclic) bond motifs is 1. The number of carbonyl (C=O) groups excluding carboxylic acids is 2. The highest BCUT2D eigenvalue weighted by Gasteiger charge is 2.12. The highest BCUT2D eigenvalue weighted by atomic mass is 32.1. The molecule has 9 heteroatoms. The maximum Gasteiger partial charge on any atom is 0.329 e. The van der Waals surface area contributed by atoms with Gasteiger partial charge in [-0.05, 0) is 47.8 Å². The second-order valence-corrected chi connectivity index (χ2v) is 7.37. The quantitative estimate of drug-likeness (QED) is 0.461. The summed E-state index contributed by atoms with van der Waals surface area (Å²) in [6, 6.07) is 16.7. The maximum absolute atomic E-state index is 12.5. The van der Waals surface area contributed by atoms with E-state index >= 15 is 0 Å². The summed E-state index contributed by atoms with van der Waals surface area (Å²) in [7, 11) is 0. The van der Waals surface area contributed by atoms with E-state index in [-0.39, 0.29) is 5.91 Å². The number of hydrogen-bond acceptors (Lipinski definition) is 5. The van der Waals surface area contributed by atoms with Gasteiger partial charge in [-0.15, -0.1) is 11.3 Å². The zero-order valence-electron chi connectivity index (χ0n) is 15.5. The van der Waals surface area contributed by atoms with Gasteiger partial charge in [0.2, 0.25) is 5.91 Å². The number of H-pyrrole nitrogens is 1. The summed E-state index contributed by atoms with van der Waals surface area (Å²) in [6.07, 6.45) is 0. The molecule has 150 valence electrons. The second-order valence-electron chi connectivity index (χ2n) is 6.42. The summed E-state index contributed by atoms with van der Waals surface area (Å²) in [4.78, 5) is 52.3. The smallest absolute Gasteiger partial charge is 0.325 e. The number of nitrogens with zero attached hydrogens (tertiary/aromatic N) is 1. The second kappa shape index (κ2) is 8.18. The van der Waals surface area contributed by atoms with Crippen molar-refractivity contribution in [3.05, 3.63) is 91.8 Å². The first-order chi connectivity index (χ1) is 14.5. The van der Waals surface area contributed by atoms with Crippen LogP contribution in [0.25, 0.3) is 10.9 Å². The molecule has 0 saturated carbocycles. The number of amides is 2. The van der Waals surface area contributed by atoms with E-state index in [9.17, 15) is 19.2 Å². The molecule has 8 nitrogen and oxygen atoms in total. The largest absolute Gasteiger partial charge is 0.329 e. The lowest BCUT2D eigenvalue weighted by atomic mass is 10.2. The minimum atomic E-state index is -0.652. The van der Waals surface area contributed by atoms with Crippen molar-refractivity contribution >= 4 is 45.4 Å². The zero-order chi connectivity index (χ0) is 21.1. The van der Waals surface area contributed by atoms with Crippen LogP contribution in [-0.2, 0) is 11.3 Å². The van der Waals surface area contributed by atoms with Crippen LogP contribution >= 0.6 is 11.3 Å². The Morgan fingerprint density at radius 3 is 2.30 bits per heavy atom. The molecule has 4 rings (SSSR count). The monoisotopic (exact) mass is 420 g/mol. The van der Waals surface area contributed by atoms with E-state index in [4.69, 9.17) is 0 Å². The van der Waals surface area contributed by atoms with Crippen molar-refractivity contribution < 1.29 is 9.59 Å². The van der Waals surface area contributed by atoms with Crippen LogP contribution in [0.3, 0.4) is 0 Å². The number of aromatic amines is 1. The van der Waals surface area contributed by atoms with Gasteiger partial charge in [-0.2, -0.15) is 0 Å². The van der Waals surface area contributed by atoms with Gasteiger partial charge in [-0.25, -0.2) is 4.79 Å². The van der Waals surface area contributed by atoms with Crippen molar-refractivity contribution in [3.63, 3.8) is 0 Å². The first-order valence-electron chi connectivity index (χ1n) is 8.98. The molecule has 0 aliphatic rings. The van der Waals surface area contributed by atoms with E-state index in [1.807, 2.05) is 5.38 Å². The van der Waals surface area contributed by atoms with Crippen molar-refractivity contribution in [2.45, 2.75) is 6.54 Å². The van der Waals surface area contributed by atoms with E-state index < -0.39 is 23.7 Å². The topological polar surface area (TPSA) is 113 Å². The summed E-state index contributed by atoms with van der Waals surface area (Å²) < 4.78 is 0.854. The van der Waals surface area contributed by atoms with Crippen molar-refractivity contribution in [2.24, 2.45) is 0 Å². The summed E-state index contributed by atoms with van der Waals surface area (Å²) in [5.41, 5.74) is 0.286. The number of rotatable bonds is 5. The Hall–Kier alpha value is -3.98. The number of carbonyl (C=O) groups is 2. The molecular weight excluding hydrogens is 404 g/mol. The van der Waals surface area contributed by atoms with Crippen LogP contribution in [0.2, 0.25) is 0 Å². The molecule has 2 aromatic heterocycles. The molecule has 2 aromatic carbocycles. The molecule has 0 spiro atoms. The Labute approximate surface area is 173 Å². The van der Waals surface area contributed by atoms with Gasteiger partial charge in [0.15, 0.2) is 0 Å². The first-order valence-corrected chi connectivity index (χ1v) is 9.86. The van der Waals surface area contributed by atoms with Crippen LogP contribution in [0.5, 0.6) is 0 Å². The van der Waals surface area contributed by atoms with Crippen LogP contribution < -0.4 is 21.9 Å². The van der Waals surface area contributed by atoms with Crippen molar-refractivity contribution in [3.8, 4) is 0 Å². The van der Waals surface area contributed by atoms with E-state index in [2.05, 4.69) is 15.6 Å². The highest BCUT2D eigenvalue weighted by Crippen LogP contribution is 2.16. The SMILES string of the molecule is O=C(Cn1c(=O)[nH]c2ccccc2c1=O)Nc1ccc(NC(=O)c2cccs2)cc1. The summed E-state index contributed by atoms with van der Waals surface area (Å²) >= 11 is 1.34. The fourth-order valence-electron chi connectivity index (χ4n) is 2.92. The summed E-state index contributed by atoms with van der Waals surface area (Å²) in [6.45, 7) is -0.421. The van der Waals surface area contributed by atoms with Crippen molar-refractivity contribution in [2.75, 3.05) is 10.6 Å². The Bertz CT molecular complexity index is 1340. The molecule has 0 bridgehead atoms. The predicted molar refractivity (Wildman–Crippen MR) is 116 cm³/mol. The minimum absolute atomic E-state index is 0.211. The van der Waals surface area contributed by atoms with E-state index in [0.29, 0.717) is 27.2 Å². The lowest BCUT2D eigenvalue weighted by Crippen LogP contribution is -2.38. The molecule has 2 amide bonds. The number of thiophene rings is 1. The normalized spacial score (nSPS) is 10.7. The van der Waals surface area contributed by atoms with Gasteiger partial charge < -0.3 is 15.6 Å². The lowest BCUT2D eigenvalue weighted by Gasteiger charge is -2.09. The zero-order valence-corrected chi connectivity index (χ0v) is 16.4. The molecule has 0 aliphatic carbocycles. The summed E-state index contributed by atoms with van der Waals surface area (Å²) in [5, 5.41) is 7.55. The van der Waals surface area contributed by atoms with Gasteiger partial charge in [0.05, 0.1) is 15.8 Å². The predicted octanol–water partition coefficient (Wildman–Crippen LogP) is 2.64. The molecule has 0 unspecified atom stereocenters. The molecule has 4 aromatic rings. The van der Waals surface area contributed by atoms with Crippen molar-refractivity contribution in [1.29, 1.82) is 0 Å². The fraction of sp³-hybridized carbons (Fsp3) is 0.0476. The minimum Gasteiger partial charge on any atom is -0.325 e. The maximum atomic E-state index is 12.5. The average Bonchev–Trinajstić information content (AvgIpc) is 3.28. The molecule has 0 saturated heterocycles. The van der Waals surface area contributed by atoms with Gasteiger partial charge in [-0.1, -0.05) is 18.2 Å². The molecular formula is C21H16N4O4S. The number of hydrogen-bond donors (Lipinski definition) is 3. The van der Waals surface area contributed by atoms with Gasteiger partial charge in [0.25, 0.3) is 11.5 Å². The number of aromatic nitrogens is 2. The van der Waals surface area contributed by atoms with Crippen LogP contribution in [0.1, 0.15) is 9.67 Å². The standard InChI is InChI=1S/C21H16N4O4S/c26-18(12-25-20(28)15-4-1-2-5-16(15)24-21(25)29)22-13-7-9-14(10-8-13)23-19(27)17-6-3-11-30-17/h1-11H,12H2,(H,22,26)(H,23,27)(H,24,29). The molecule has 2 heterocycles. The molecule has 3 N–H and O–H groups in total. The van der Waals surface area contributed by atoms with Gasteiger partial charge >= 0.3 is 5.69 Å². The molecule has 0 fully saturated rings. The first kappa shape index (κ1) is 19.3. The van der Waals surface area contributed by atoms with E-state index in [0.717, 1.165) is 4.57 Å². The molecule has 30 heavy (non-hydrogen) atoms. The summed E-state index contributed by atoms with van der Waals surface area (Å²) in [5.74, 6) is -0.732. The van der Waals surface area contributed by atoms with Crippen LogP contribution in [0, 0.1) is 0 Å². The Morgan fingerprint density at radius 1 is 0.900 bits per heavy atom. The van der Waals surface area contributed by atoms with Crippen LogP contribution in [0.4, 0.5) is 11.4 Å². The number of nitrogens with one attached hydrogen (secondary N) is 3.